The molecule has 4 heterocycles. The molecule has 2 aliphatic heterocycles. The highest BCUT2D eigenvalue weighted by atomic mass is 16.6. The predicted octanol–water partition coefficient (Wildman–Crippen LogP) is 3.41. The highest BCUT2D eigenvalue weighted by molar-refractivity contribution is 5.86. The van der Waals surface area contributed by atoms with Crippen LogP contribution in [0.25, 0.3) is 11.3 Å². The van der Waals surface area contributed by atoms with E-state index in [9.17, 15) is 4.79 Å². The van der Waals surface area contributed by atoms with E-state index in [1.165, 1.54) is 11.1 Å². The summed E-state index contributed by atoms with van der Waals surface area (Å²) in [5, 5.41) is 0. The Labute approximate surface area is 164 Å². The number of H-pyrrole nitrogens is 1. The number of carbonyl (C=O) groups excluding carboxylic acids is 1. The van der Waals surface area contributed by atoms with Gasteiger partial charge in [-0.15, -0.1) is 4.57 Å². The maximum atomic E-state index is 12.7. The Morgan fingerprint density at radius 3 is 2.64 bits per heavy atom. The van der Waals surface area contributed by atoms with Crippen molar-refractivity contribution in [2.75, 3.05) is 0 Å². The molecule has 28 heavy (non-hydrogen) atoms. The monoisotopic (exact) mass is 375 g/mol. The lowest BCUT2D eigenvalue weighted by Gasteiger charge is -2.48. The SMILES string of the molecule is CCC1(C)c2ccccc2-c2c[nH]c[n+]2[C@@]1(CC)[C@H]1OC(=O)c2cccc[n+]21. The quantitative estimate of drug-likeness (QED) is 0.563. The fourth-order valence-corrected chi connectivity index (χ4v) is 5.56. The zero-order valence-electron chi connectivity index (χ0n) is 16.5. The van der Waals surface area contributed by atoms with Gasteiger partial charge in [0, 0.05) is 23.1 Å². The lowest BCUT2D eigenvalue weighted by molar-refractivity contribution is -0.868. The first-order chi connectivity index (χ1) is 13.6. The van der Waals surface area contributed by atoms with Crippen molar-refractivity contribution in [2.24, 2.45) is 0 Å². The second-order valence-corrected chi connectivity index (χ2v) is 7.96. The van der Waals surface area contributed by atoms with Crippen molar-refractivity contribution < 1.29 is 18.7 Å². The first kappa shape index (κ1) is 17.2. The number of aromatic amines is 1. The minimum Gasteiger partial charge on any atom is -0.390 e. The number of nitrogens with zero attached hydrogens (tertiary/aromatic N) is 2. The van der Waals surface area contributed by atoms with Gasteiger partial charge in [-0.3, -0.25) is 0 Å². The first-order valence-electron chi connectivity index (χ1n) is 9.98. The summed E-state index contributed by atoms with van der Waals surface area (Å²) in [5.74, 6) is -0.256. The van der Waals surface area contributed by atoms with Gasteiger partial charge in [-0.25, -0.2) is 14.3 Å². The van der Waals surface area contributed by atoms with Gasteiger partial charge in [0.05, 0.1) is 0 Å². The van der Waals surface area contributed by atoms with Crippen LogP contribution in [0.1, 0.15) is 55.9 Å². The van der Waals surface area contributed by atoms with Crippen molar-refractivity contribution in [1.29, 1.82) is 0 Å². The number of imidazole rings is 1. The topological polar surface area (TPSA) is 49.9 Å². The molecule has 1 unspecified atom stereocenters. The molecule has 5 rings (SSSR count). The third-order valence-electron chi connectivity index (χ3n) is 7.09. The van der Waals surface area contributed by atoms with Crippen LogP contribution in [0.15, 0.2) is 61.2 Å². The number of rotatable bonds is 3. The Morgan fingerprint density at radius 2 is 1.86 bits per heavy atom. The van der Waals surface area contributed by atoms with E-state index in [0.717, 1.165) is 18.5 Å². The Bertz CT molecular complexity index is 1090. The lowest BCUT2D eigenvalue weighted by Crippen LogP contribution is -2.74. The number of ether oxygens (including phenoxy) is 1. The number of hydrogen-bond acceptors (Lipinski definition) is 2. The van der Waals surface area contributed by atoms with E-state index >= 15 is 0 Å². The van der Waals surface area contributed by atoms with Crippen LogP contribution in [0.3, 0.4) is 0 Å². The molecule has 3 aromatic rings. The zero-order valence-corrected chi connectivity index (χ0v) is 16.5. The number of fused-ring (bicyclic) bond motifs is 4. The van der Waals surface area contributed by atoms with Crippen molar-refractivity contribution in [2.45, 2.75) is 50.8 Å². The van der Waals surface area contributed by atoms with Crippen molar-refractivity contribution in [3.05, 3.63) is 72.4 Å². The van der Waals surface area contributed by atoms with Gasteiger partial charge in [-0.1, -0.05) is 45.0 Å². The summed E-state index contributed by atoms with van der Waals surface area (Å²) >= 11 is 0. The summed E-state index contributed by atoms with van der Waals surface area (Å²) in [4.78, 5) is 16.0. The molecule has 5 heteroatoms. The highest BCUT2D eigenvalue weighted by Crippen LogP contribution is 2.54. The smallest absolute Gasteiger partial charge is 0.390 e. The standard InChI is InChI=1S/C23H24N3O2/c1-4-22(3)17-11-7-6-10-16(17)19-14-24-15-26(19)23(22,5-2)21-25-13-9-8-12-18(25)20(27)28-21/h6-15,21H,4-5H2,1-3H3/q+1/p+1/t21-,22?,23+/m1/s1. The number of pyridine rings is 1. The number of cyclic esters (lactones) is 1. The minimum atomic E-state index is -0.460. The molecule has 0 bridgehead atoms. The number of carbonyl (C=O) groups is 1. The lowest BCUT2D eigenvalue weighted by atomic mass is 9.59. The molecule has 2 aromatic heterocycles. The molecule has 0 radical (unpaired) electrons. The van der Waals surface area contributed by atoms with Crippen LogP contribution in [0.5, 0.6) is 0 Å². The molecule has 0 fully saturated rings. The summed E-state index contributed by atoms with van der Waals surface area (Å²) in [5.41, 5.74) is 3.59. The average molecular weight is 375 g/mol. The Balaban J connectivity index is 1.86. The number of nitrogens with one attached hydrogen (secondary N) is 1. The maximum absolute atomic E-state index is 12.7. The van der Waals surface area contributed by atoms with E-state index in [1.807, 2.05) is 41.5 Å². The van der Waals surface area contributed by atoms with Crippen LogP contribution in [0.4, 0.5) is 0 Å². The van der Waals surface area contributed by atoms with Gasteiger partial charge in [0.25, 0.3) is 5.69 Å². The van der Waals surface area contributed by atoms with Crippen LogP contribution >= 0.6 is 0 Å². The molecule has 1 N–H and O–H groups in total. The van der Waals surface area contributed by atoms with Crippen LogP contribution in [-0.4, -0.2) is 11.0 Å². The molecule has 0 saturated heterocycles. The van der Waals surface area contributed by atoms with E-state index < -0.39 is 11.8 Å². The fraction of sp³-hybridized carbons (Fsp3) is 0.348. The van der Waals surface area contributed by atoms with E-state index in [2.05, 4.69) is 54.6 Å². The maximum Gasteiger partial charge on any atom is 0.408 e. The number of esters is 1. The molecule has 1 aromatic carbocycles. The van der Waals surface area contributed by atoms with Crippen LogP contribution in [0.2, 0.25) is 0 Å². The fourth-order valence-electron chi connectivity index (χ4n) is 5.56. The molecule has 5 nitrogen and oxygen atoms in total. The largest absolute Gasteiger partial charge is 0.408 e. The van der Waals surface area contributed by atoms with Gasteiger partial charge in [-0.05, 0) is 24.5 Å². The van der Waals surface area contributed by atoms with Gasteiger partial charge in [-0.2, -0.15) is 0 Å². The van der Waals surface area contributed by atoms with Crippen molar-refractivity contribution >= 4 is 5.97 Å². The number of benzene rings is 1. The third-order valence-corrected chi connectivity index (χ3v) is 7.09. The van der Waals surface area contributed by atoms with E-state index in [1.54, 1.807) is 0 Å². The Hall–Kier alpha value is -2.95. The third kappa shape index (κ3) is 1.84. The summed E-state index contributed by atoms with van der Waals surface area (Å²) in [6, 6.07) is 14.3. The number of aromatic nitrogens is 3. The van der Waals surface area contributed by atoms with Gasteiger partial charge < -0.3 is 4.74 Å². The van der Waals surface area contributed by atoms with Gasteiger partial charge in [0.15, 0.2) is 11.9 Å². The number of hydrogen-bond donors (Lipinski definition) is 1. The summed E-state index contributed by atoms with van der Waals surface area (Å²) in [7, 11) is 0. The second kappa shape index (κ2) is 5.77. The summed E-state index contributed by atoms with van der Waals surface area (Å²) in [6.45, 7) is 6.74. The molecule has 142 valence electrons. The Morgan fingerprint density at radius 1 is 1.07 bits per heavy atom. The van der Waals surface area contributed by atoms with Crippen LogP contribution in [-0.2, 0) is 15.7 Å². The van der Waals surface area contributed by atoms with Crippen LogP contribution < -0.4 is 9.13 Å². The average Bonchev–Trinajstić information content (AvgIpc) is 3.35. The normalized spacial score (nSPS) is 27.7. The van der Waals surface area contributed by atoms with Gasteiger partial charge in [0.2, 0.25) is 11.9 Å². The minimum absolute atomic E-state index is 0.229. The molecular weight excluding hydrogens is 350 g/mol. The van der Waals surface area contributed by atoms with Gasteiger partial charge >= 0.3 is 12.2 Å². The van der Waals surface area contributed by atoms with Crippen LogP contribution in [0, 0.1) is 0 Å². The Kier molecular flexibility index (Phi) is 3.54. The van der Waals surface area contributed by atoms with Gasteiger partial charge in [0.1, 0.15) is 6.20 Å². The molecule has 0 saturated carbocycles. The van der Waals surface area contributed by atoms with E-state index in [4.69, 9.17) is 4.74 Å². The molecule has 0 aliphatic carbocycles. The summed E-state index contributed by atoms with van der Waals surface area (Å²) in [6.07, 6.45) is 7.36. The van der Waals surface area contributed by atoms with E-state index in [0.29, 0.717) is 5.69 Å². The van der Waals surface area contributed by atoms with Crippen molar-refractivity contribution in [3.8, 4) is 11.3 Å². The highest BCUT2D eigenvalue weighted by Gasteiger charge is 2.68. The molecular formula is C23H25N3O2+2. The molecule has 0 amide bonds. The zero-order chi connectivity index (χ0) is 19.5. The first-order valence-corrected chi connectivity index (χ1v) is 9.98. The molecule has 2 aliphatic rings. The summed E-state index contributed by atoms with van der Waals surface area (Å²) < 4.78 is 10.4. The molecule has 3 atom stereocenters. The van der Waals surface area contributed by atoms with E-state index in [-0.39, 0.29) is 11.4 Å². The van der Waals surface area contributed by atoms with Crippen molar-refractivity contribution in [1.82, 2.24) is 4.98 Å². The predicted molar refractivity (Wildman–Crippen MR) is 103 cm³/mol. The molecule has 0 spiro atoms. The van der Waals surface area contributed by atoms with Crippen molar-refractivity contribution in [3.63, 3.8) is 0 Å². The second-order valence-electron chi connectivity index (χ2n) is 7.96.